The van der Waals surface area contributed by atoms with E-state index in [1.807, 2.05) is 13.8 Å². The Bertz CT molecular complexity index is 1350. The number of halogens is 3. The van der Waals surface area contributed by atoms with Crippen molar-refractivity contribution in [3.63, 3.8) is 0 Å². The number of hydrogen-bond donors (Lipinski definition) is 1. The third-order valence-electron chi connectivity index (χ3n) is 5.23. The molecule has 2 heterocycles. The first-order valence-corrected chi connectivity index (χ1v) is 11.4. The number of carbonyl (C=O) groups is 1. The fourth-order valence-corrected chi connectivity index (χ4v) is 4.23. The molecule has 170 valence electrons. The molecule has 0 aliphatic heterocycles. The standard InChI is InChI=1S/C23H20ClF2N5OS/c1-12-7-8-15(9-20(12)26)28-21(32)11-33-23-29-22-27-13(2)16(14(3)31(22)30-23)10-17-18(24)5-4-6-19(17)25/h4-9H,10-11H2,1-3H3,(H,28,32). The lowest BCUT2D eigenvalue weighted by molar-refractivity contribution is -0.113. The molecule has 0 spiro atoms. The van der Waals surface area contributed by atoms with Gasteiger partial charge >= 0.3 is 0 Å². The van der Waals surface area contributed by atoms with Crippen LogP contribution in [-0.4, -0.2) is 31.2 Å². The molecule has 33 heavy (non-hydrogen) atoms. The maximum atomic E-state index is 14.3. The number of amides is 1. The van der Waals surface area contributed by atoms with Gasteiger partial charge in [-0.3, -0.25) is 4.79 Å². The molecule has 1 amide bonds. The van der Waals surface area contributed by atoms with E-state index in [4.69, 9.17) is 11.6 Å². The minimum Gasteiger partial charge on any atom is -0.325 e. The van der Waals surface area contributed by atoms with Crippen LogP contribution < -0.4 is 5.32 Å². The highest BCUT2D eigenvalue weighted by atomic mass is 35.5. The lowest BCUT2D eigenvalue weighted by Crippen LogP contribution is -2.14. The number of benzene rings is 2. The summed E-state index contributed by atoms with van der Waals surface area (Å²) in [5.74, 6) is -0.639. The van der Waals surface area contributed by atoms with Crippen molar-refractivity contribution >= 4 is 40.7 Å². The van der Waals surface area contributed by atoms with Crippen molar-refractivity contribution in [2.75, 3.05) is 11.1 Å². The molecule has 0 atom stereocenters. The molecule has 6 nitrogen and oxygen atoms in total. The molecular formula is C23H20ClF2N5OS. The number of carbonyl (C=O) groups excluding carboxylic acids is 1. The Labute approximate surface area is 198 Å². The van der Waals surface area contributed by atoms with Gasteiger partial charge in [0, 0.05) is 34.1 Å². The Morgan fingerprint density at radius 1 is 1.09 bits per heavy atom. The summed E-state index contributed by atoms with van der Waals surface area (Å²) in [7, 11) is 0. The van der Waals surface area contributed by atoms with E-state index in [2.05, 4.69) is 20.4 Å². The number of aryl methyl sites for hydroxylation is 3. The minimum absolute atomic E-state index is 0.0437. The molecule has 0 unspecified atom stereocenters. The van der Waals surface area contributed by atoms with E-state index < -0.39 is 0 Å². The average molecular weight is 488 g/mol. The molecule has 0 saturated carbocycles. The van der Waals surface area contributed by atoms with Crippen LogP contribution in [0.5, 0.6) is 0 Å². The molecule has 10 heteroatoms. The molecule has 0 fully saturated rings. The van der Waals surface area contributed by atoms with E-state index >= 15 is 0 Å². The Hall–Kier alpha value is -3.04. The van der Waals surface area contributed by atoms with Gasteiger partial charge in [-0.05, 0) is 56.2 Å². The molecule has 0 radical (unpaired) electrons. The van der Waals surface area contributed by atoms with Crippen LogP contribution >= 0.6 is 23.4 Å². The first kappa shape index (κ1) is 23.1. The van der Waals surface area contributed by atoms with Gasteiger partial charge in [0.05, 0.1) is 5.75 Å². The number of hydrogen-bond acceptors (Lipinski definition) is 5. The van der Waals surface area contributed by atoms with Gasteiger partial charge in [0.2, 0.25) is 11.1 Å². The Morgan fingerprint density at radius 2 is 1.88 bits per heavy atom. The van der Waals surface area contributed by atoms with Crippen molar-refractivity contribution in [1.29, 1.82) is 0 Å². The monoisotopic (exact) mass is 487 g/mol. The molecule has 0 bridgehead atoms. The van der Waals surface area contributed by atoms with Crippen molar-refractivity contribution in [1.82, 2.24) is 19.6 Å². The summed E-state index contributed by atoms with van der Waals surface area (Å²) in [6.45, 7) is 5.33. The van der Waals surface area contributed by atoms with Crippen LogP contribution in [0.4, 0.5) is 14.5 Å². The van der Waals surface area contributed by atoms with Gasteiger partial charge in [0.1, 0.15) is 11.6 Å². The summed E-state index contributed by atoms with van der Waals surface area (Å²) in [5, 5.41) is 7.82. The number of rotatable bonds is 6. The quantitative estimate of drug-likeness (QED) is 0.373. The van der Waals surface area contributed by atoms with Crippen molar-refractivity contribution in [2.24, 2.45) is 0 Å². The van der Waals surface area contributed by atoms with Crippen LogP contribution in [0.1, 0.15) is 28.1 Å². The predicted octanol–water partition coefficient (Wildman–Crippen LogP) is 5.30. The highest BCUT2D eigenvalue weighted by Crippen LogP contribution is 2.26. The molecule has 4 rings (SSSR count). The molecule has 0 saturated heterocycles. The lowest BCUT2D eigenvalue weighted by Gasteiger charge is -2.12. The zero-order chi connectivity index (χ0) is 23.7. The zero-order valence-corrected chi connectivity index (χ0v) is 19.7. The van der Waals surface area contributed by atoms with Crippen LogP contribution in [0.15, 0.2) is 41.6 Å². The topological polar surface area (TPSA) is 72.2 Å². The van der Waals surface area contributed by atoms with Gasteiger partial charge in [0.15, 0.2) is 0 Å². The van der Waals surface area contributed by atoms with E-state index in [1.54, 1.807) is 35.7 Å². The van der Waals surface area contributed by atoms with Crippen LogP contribution in [-0.2, 0) is 11.2 Å². The fourth-order valence-electron chi connectivity index (χ4n) is 3.38. The number of anilines is 1. The third-order valence-corrected chi connectivity index (χ3v) is 6.42. The van der Waals surface area contributed by atoms with E-state index in [0.717, 1.165) is 23.0 Å². The van der Waals surface area contributed by atoms with Crippen LogP contribution in [0, 0.1) is 32.4 Å². The summed E-state index contributed by atoms with van der Waals surface area (Å²) >= 11 is 7.33. The first-order valence-electron chi connectivity index (χ1n) is 10.1. The zero-order valence-electron chi connectivity index (χ0n) is 18.1. The summed E-state index contributed by atoms with van der Waals surface area (Å²) in [4.78, 5) is 21.1. The van der Waals surface area contributed by atoms with Gasteiger partial charge in [-0.1, -0.05) is 35.5 Å². The Kier molecular flexibility index (Phi) is 6.62. The largest absolute Gasteiger partial charge is 0.325 e. The van der Waals surface area contributed by atoms with Gasteiger partial charge < -0.3 is 5.32 Å². The fraction of sp³-hybridized carbons (Fsp3) is 0.217. The highest BCUT2D eigenvalue weighted by Gasteiger charge is 2.17. The molecule has 2 aromatic carbocycles. The van der Waals surface area contributed by atoms with E-state index in [9.17, 15) is 13.6 Å². The van der Waals surface area contributed by atoms with Crippen molar-refractivity contribution < 1.29 is 13.6 Å². The van der Waals surface area contributed by atoms with Crippen molar-refractivity contribution in [3.8, 4) is 0 Å². The van der Waals surface area contributed by atoms with E-state index in [0.29, 0.717) is 38.5 Å². The predicted molar refractivity (Wildman–Crippen MR) is 125 cm³/mol. The summed E-state index contributed by atoms with van der Waals surface area (Å²) in [5.41, 5.74) is 3.54. The SMILES string of the molecule is Cc1ccc(NC(=O)CSc2nc3nc(C)c(Cc4c(F)cccc4Cl)c(C)n3n2)cc1F. The lowest BCUT2D eigenvalue weighted by atomic mass is 10.0. The molecule has 0 aliphatic rings. The maximum absolute atomic E-state index is 14.3. The summed E-state index contributed by atoms with van der Waals surface area (Å²) in [6.07, 6.45) is 0.268. The number of thioether (sulfide) groups is 1. The molecule has 4 aromatic rings. The van der Waals surface area contributed by atoms with Crippen LogP contribution in [0.3, 0.4) is 0 Å². The minimum atomic E-state index is -0.383. The van der Waals surface area contributed by atoms with Gasteiger partial charge in [0.25, 0.3) is 5.78 Å². The van der Waals surface area contributed by atoms with Gasteiger partial charge in [-0.15, -0.1) is 5.10 Å². The Balaban J connectivity index is 1.51. The van der Waals surface area contributed by atoms with E-state index in [-0.39, 0.29) is 29.7 Å². The molecule has 2 aromatic heterocycles. The molecule has 0 aliphatic carbocycles. The van der Waals surface area contributed by atoms with E-state index in [1.165, 1.54) is 12.1 Å². The Morgan fingerprint density at radius 3 is 2.61 bits per heavy atom. The molecular weight excluding hydrogens is 468 g/mol. The number of aromatic nitrogens is 4. The van der Waals surface area contributed by atoms with Gasteiger partial charge in [-0.2, -0.15) is 4.98 Å². The summed E-state index contributed by atoms with van der Waals surface area (Å²) < 4.78 is 29.5. The number of nitrogens with one attached hydrogen (secondary N) is 1. The highest BCUT2D eigenvalue weighted by molar-refractivity contribution is 7.99. The van der Waals surface area contributed by atoms with Gasteiger partial charge in [-0.25, -0.2) is 18.3 Å². The molecule has 1 N–H and O–H groups in total. The summed E-state index contributed by atoms with van der Waals surface area (Å²) in [6, 6.07) is 9.11. The first-order chi connectivity index (χ1) is 15.7. The second-order valence-electron chi connectivity index (χ2n) is 7.55. The second kappa shape index (κ2) is 9.44. The van der Waals surface area contributed by atoms with Crippen molar-refractivity contribution in [3.05, 3.63) is 81.1 Å². The average Bonchev–Trinajstić information content (AvgIpc) is 3.17. The third kappa shape index (κ3) is 4.99. The number of fused-ring (bicyclic) bond motifs is 1. The van der Waals surface area contributed by atoms with Crippen molar-refractivity contribution in [2.45, 2.75) is 32.3 Å². The normalized spacial score (nSPS) is 11.2. The van der Waals surface area contributed by atoms with Crippen LogP contribution in [0.25, 0.3) is 5.78 Å². The second-order valence-corrected chi connectivity index (χ2v) is 8.89. The van der Waals surface area contributed by atoms with Crippen LogP contribution in [0.2, 0.25) is 5.02 Å². The number of nitrogens with zero attached hydrogens (tertiary/aromatic N) is 4. The maximum Gasteiger partial charge on any atom is 0.253 e. The smallest absolute Gasteiger partial charge is 0.253 e.